The zero-order valence-corrected chi connectivity index (χ0v) is 8.04. The van der Waals surface area contributed by atoms with Crippen molar-refractivity contribution < 1.29 is 18.0 Å². The van der Waals surface area contributed by atoms with Gasteiger partial charge in [-0.2, -0.15) is 4.79 Å². The van der Waals surface area contributed by atoms with Crippen LogP contribution < -0.4 is 0 Å². The summed E-state index contributed by atoms with van der Waals surface area (Å²) in [7, 11) is -3.84. The normalized spacial score (nSPS) is 9.92. The third-order valence-corrected chi connectivity index (χ3v) is 2.75. The quantitative estimate of drug-likeness (QED) is 0.214. The summed E-state index contributed by atoms with van der Waals surface area (Å²) in [6.07, 6.45) is 1.49. The van der Waals surface area contributed by atoms with Crippen molar-refractivity contribution in [1.82, 2.24) is 0 Å². The molecule has 0 aliphatic carbocycles. The summed E-state index contributed by atoms with van der Waals surface area (Å²) in [6.45, 7) is 1.87. The van der Waals surface area contributed by atoms with Gasteiger partial charge in [-0.15, -0.1) is 0 Å². The minimum absolute atomic E-state index is 0.133. The lowest BCUT2D eigenvalue weighted by Crippen LogP contribution is -2.06. The average molecular weight is 202 g/mol. The lowest BCUT2D eigenvalue weighted by molar-refractivity contribution is 0.00760. The Morgan fingerprint density at radius 3 is 2.62 bits per heavy atom. The largest absolute Gasteiger partial charge is 0.375 e. The number of allylic oxidation sites excluding steroid dienone is 1. The number of hydrogen-bond acceptors (Lipinski definition) is 3. The molecule has 0 fully saturated rings. The van der Waals surface area contributed by atoms with Gasteiger partial charge < -0.3 is 5.53 Å². The van der Waals surface area contributed by atoms with Crippen LogP contribution >= 0.6 is 0 Å². The molecule has 5 nitrogen and oxygen atoms in total. The van der Waals surface area contributed by atoms with E-state index < -0.39 is 9.84 Å². The van der Waals surface area contributed by atoms with E-state index in [1.54, 1.807) is 0 Å². The van der Waals surface area contributed by atoms with E-state index in [0.717, 1.165) is 6.42 Å². The Hall–Kier alpha value is -1.22. The summed E-state index contributed by atoms with van der Waals surface area (Å²) in [5, 5.41) is 0. The Morgan fingerprint density at radius 1 is 1.62 bits per heavy atom. The Bertz CT molecular complexity index is 359. The fourth-order valence-electron chi connectivity index (χ4n) is 0.714. The molecule has 0 saturated carbocycles. The van der Waals surface area contributed by atoms with E-state index in [1.165, 1.54) is 5.94 Å². The number of carbonyl (C=O) groups excluding carboxylic acids is 1. The Balaban J connectivity index is 4.81. The van der Waals surface area contributed by atoms with Crippen molar-refractivity contribution in [1.29, 1.82) is 0 Å². The lowest BCUT2D eigenvalue weighted by atomic mass is 10.2. The minimum atomic E-state index is -3.84. The minimum Gasteiger partial charge on any atom is -0.361 e. The predicted octanol–water partition coefficient (Wildman–Crippen LogP) is 0.565. The van der Waals surface area contributed by atoms with E-state index in [2.05, 4.69) is 4.79 Å². The van der Waals surface area contributed by atoms with E-state index in [4.69, 9.17) is 5.53 Å². The number of sulfone groups is 1. The van der Waals surface area contributed by atoms with E-state index in [-0.39, 0.29) is 11.3 Å². The van der Waals surface area contributed by atoms with Crippen LogP contribution in [0.15, 0.2) is 4.91 Å². The summed E-state index contributed by atoms with van der Waals surface area (Å²) in [6, 6.07) is 0. The lowest BCUT2D eigenvalue weighted by Gasteiger charge is -1.94. The average Bonchev–Trinajstić information content (AvgIpc) is 2.05. The molecule has 0 bridgehead atoms. The first kappa shape index (κ1) is 11.8. The van der Waals surface area contributed by atoms with Crippen molar-refractivity contribution >= 4 is 21.3 Å². The first-order chi connectivity index (χ1) is 6.08. The van der Waals surface area contributed by atoms with Crippen LogP contribution in [0.5, 0.6) is 0 Å². The van der Waals surface area contributed by atoms with E-state index >= 15 is 0 Å². The van der Waals surface area contributed by atoms with Crippen LogP contribution in [0.25, 0.3) is 5.53 Å². The molecule has 0 unspecified atom stereocenters. The molecule has 13 heavy (non-hydrogen) atoms. The van der Waals surface area contributed by atoms with Crippen LogP contribution in [0.1, 0.15) is 26.2 Å². The summed E-state index contributed by atoms with van der Waals surface area (Å²) in [5.41, 5.74) is 8.36. The fraction of sp³-hybridized carbons (Fsp3) is 0.571. The van der Waals surface area contributed by atoms with Gasteiger partial charge in [-0.3, -0.25) is 0 Å². The zero-order chi connectivity index (χ0) is 10.3. The van der Waals surface area contributed by atoms with Crippen molar-refractivity contribution in [3.63, 3.8) is 0 Å². The summed E-state index contributed by atoms with van der Waals surface area (Å²) in [5.74, 6) is 1.34. The standard InChI is InChI=1S/C7H10N2O3S/c1-2-3-4-7(5-10)13(11,12)6-9-8/h6H,2-4H2,1H3. The molecule has 0 heterocycles. The third-order valence-electron chi connectivity index (χ3n) is 1.40. The molecule has 0 atom stereocenters. The highest BCUT2D eigenvalue weighted by Crippen LogP contribution is 2.09. The van der Waals surface area contributed by atoms with Gasteiger partial charge in [0.25, 0.3) is 9.84 Å². The van der Waals surface area contributed by atoms with E-state index in [0.29, 0.717) is 12.0 Å². The summed E-state index contributed by atoms with van der Waals surface area (Å²) < 4.78 is 22.1. The first-order valence-corrected chi connectivity index (χ1v) is 5.29. The number of rotatable bonds is 5. The van der Waals surface area contributed by atoms with Crippen LogP contribution in [0.3, 0.4) is 0 Å². The number of nitrogens with zero attached hydrogens (tertiary/aromatic N) is 2. The molecule has 0 rings (SSSR count). The summed E-state index contributed by atoms with van der Waals surface area (Å²) in [4.78, 5) is 12.3. The first-order valence-electron chi connectivity index (χ1n) is 3.75. The number of hydrogen-bond donors (Lipinski definition) is 0. The second-order valence-corrected chi connectivity index (χ2v) is 4.19. The summed E-state index contributed by atoms with van der Waals surface area (Å²) >= 11 is 0. The molecule has 0 radical (unpaired) electrons. The molecule has 6 heteroatoms. The maximum absolute atomic E-state index is 11.1. The van der Waals surface area contributed by atoms with Gasteiger partial charge >= 0.3 is 5.55 Å². The van der Waals surface area contributed by atoms with Gasteiger partial charge in [-0.05, 0) is 12.8 Å². The molecular weight excluding hydrogens is 192 g/mol. The van der Waals surface area contributed by atoms with Crippen molar-refractivity contribution in [2.75, 3.05) is 0 Å². The van der Waals surface area contributed by atoms with Gasteiger partial charge in [0.2, 0.25) is 0 Å². The van der Waals surface area contributed by atoms with E-state index in [9.17, 15) is 13.2 Å². The molecule has 0 aliphatic rings. The fourth-order valence-corrected chi connectivity index (χ4v) is 1.51. The molecule has 0 aromatic heterocycles. The topological polar surface area (TPSA) is 87.6 Å². The van der Waals surface area contributed by atoms with Gasteiger partial charge in [0.15, 0.2) is 0 Å². The maximum Gasteiger partial charge on any atom is 0.375 e. The molecule has 0 aromatic carbocycles. The molecular formula is C7H10N2O3S. The van der Waals surface area contributed by atoms with Crippen LogP contribution in [-0.4, -0.2) is 24.7 Å². The predicted molar refractivity (Wildman–Crippen MR) is 47.3 cm³/mol. The molecule has 72 valence electrons. The Labute approximate surface area is 76.6 Å². The van der Waals surface area contributed by atoms with Gasteiger partial charge in [0.1, 0.15) is 10.8 Å². The van der Waals surface area contributed by atoms with Gasteiger partial charge in [-0.1, -0.05) is 13.3 Å². The van der Waals surface area contributed by atoms with Crippen LogP contribution in [0.2, 0.25) is 0 Å². The Morgan fingerprint density at radius 2 is 2.23 bits per heavy atom. The van der Waals surface area contributed by atoms with Crippen molar-refractivity contribution in [2.45, 2.75) is 26.2 Å². The number of unbranched alkanes of at least 4 members (excludes halogenated alkanes) is 1. The molecule has 0 N–H and O–H groups in total. The van der Waals surface area contributed by atoms with Crippen molar-refractivity contribution in [2.24, 2.45) is 0 Å². The second-order valence-electron chi connectivity index (χ2n) is 2.39. The monoisotopic (exact) mass is 202 g/mol. The molecule has 0 saturated heterocycles. The van der Waals surface area contributed by atoms with E-state index in [1.807, 2.05) is 6.92 Å². The Kier molecular flexibility index (Phi) is 4.92. The molecule has 0 amide bonds. The third kappa shape index (κ3) is 3.80. The highest BCUT2D eigenvalue weighted by Gasteiger charge is 2.20. The molecule has 0 spiro atoms. The van der Waals surface area contributed by atoms with Crippen LogP contribution in [0.4, 0.5) is 0 Å². The zero-order valence-electron chi connectivity index (χ0n) is 7.23. The highest BCUT2D eigenvalue weighted by atomic mass is 32.2. The van der Waals surface area contributed by atoms with Crippen molar-refractivity contribution in [3.8, 4) is 0 Å². The van der Waals surface area contributed by atoms with Crippen molar-refractivity contribution in [3.05, 3.63) is 10.4 Å². The maximum atomic E-state index is 11.1. The van der Waals surface area contributed by atoms with Gasteiger partial charge in [0.05, 0.1) is 0 Å². The van der Waals surface area contributed by atoms with Crippen LogP contribution in [-0.2, 0) is 14.6 Å². The molecule has 0 aromatic rings. The SMILES string of the molecule is CCCCC(=C=O)S(=O)(=O)C=[N+]=[N-]. The molecule has 0 aliphatic heterocycles. The van der Waals surface area contributed by atoms with Gasteiger partial charge in [-0.25, -0.2) is 13.2 Å². The van der Waals surface area contributed by atoms with Gasteiger partial charge in [0, 0.05) is 0 Å². The highest BCUT2D eigenvalue weighted by molar-refractivity contribution is 8.07. The second kappa shape index (κ2) is 5.43. The smallest absolute Gasteiger partial charge is 0.361 e. The van der Waals surface area contributed by atoms with Crippen LogP contribution in [0, 0.1) is 0 Å².